The number of nitrogens with zero attached hydrogens (tertiary/aromatic N) is 1. The van der Waals surface area contributed by atoms with Crippen LogP contribution in [-0.2, 0) is 6.42 Å². The molecule has 0 aromatic heterocycles. The zero-order chi connectivity index (χ0) is 22.6. The van der Waals surface area contributed by atoms with Gasteiger partial charge in [0.05, 0.1) is 6.04 Å². The molecule has 0 amide bonds. The number of benzene rings is 1. The molecule has 31 heavy (non-hydrogen) atoms. The van der Waals surface area contributed by atoms with Gasteiger partial charge in [-0.1, -0.05) is 57.0 Å². The Labute approximate surface area is 189 Å². The predicted molar refractivity (Wildman–Crippen MR) is 133 cm³/mol. The molecule has 2 atom stereocenters. The molecule has 0 saturated carbocycles. The van der Waals surface area contributed by atoms with Crippen LogP contribution in [0.4, 0.5) is 0 Å². The first kappa shape index (κ1) is 25.0. The Morgan fingerprint density at radius 1 is 1.13 bits per heavy atom. The smallest absolute Gasteiger partial charge is 0.0691 e. The van der Waals surface area contributed by atoms with E-state index in [0.717, 1.165) is 56.2 Å². The van der Waals surface area contributed by atoms with E-state index < -0.39 is 0 Å². The highest BCUT2D eigenvalue weighted by Crippen LogP contribution is 2.25. The van der Waals surface area contributed by atoms with Gasteiger partial charge in [-0.05, 0) is 50.1 Å². The molecule has 5 heteroatoms. The van der Waals surface area contributed by atoms with Gasteiger partial charge in [0, 0.05) is 49.2 Å². The molecule has 2 rings (SSSR count). The molecule has 1 aliphatic heterocycles. The highest BCUT2D eigenvalue weighted by atomic mass is 15.1. The topological polar surface area (TPSA) is 79.3 Å². The van der Waals surface area contributed by atoms with Gasteiger partial charge in [-0.3, -0.25) is 0 Å². The van der Waals surface area contributed by atoms with Crippen LogP contribution in [0.3, 0.4) is 0 Å². The van der Waals surface area contributed by atoms with Crippen LogP contribution in [0.15, 0.2) is 67.2 Å². The van der Waals surface area contributed by atoms with Crippen LogP contribution in [0, 0.1) is 11.8 Å². The fourth-order valence-electron chi connectivity index (χ4n) is 4.10. The first-order valence-corrected chi connectivity index (χ1v) is 11.7. The standard InChI is InChI=1S/C26H43N5/c1-20-12-15-31(16-13-20)23(4)25(11-8-14-27)19-29-22(3)26(30-21(2)18-28)17-24-9-6-5-7-10-24/h5-7,9-10,20,25-26,29-30H,2-4,8,11-19,27-28H2,1H3. The molecule has 6 N–H and O–H groups in total. The quantitative estimate of drug-likeness (QED) is 0.368. The number of hydrogen-bond donors (Lipinski definition) is 4. The molecular weight excluding hydrogens is 382 g/mol. The van der Waals surface area contributed by atoms with E-state index in [1.165, 1.54) is 24.1 Å². The van der Waals surface area contributed by atoms with Gasteiger partial charge in [-0.25, -0.2) is 0 Å². The Hall–Kier alpha value is -2.24. The van der Waals surface area contributed by atoms with Gasteiger partial charge in [-0.2, -0.15) is 0 Å². The molecule has 0 radical (unpaired) electrons. The van der Waals surface area contributed by atoms with Crippen LogP contribution in [-0.4, -0.2) is 43.7 Å². The summed E-state index contributed by atoms with van der Waals surface area (Å²) in [4.78, 5) is 2.47. The lowest BCUT2D eigenvalue weighted by atomic mass is 9.94. The van der Waals surface area contributed by atoms with Crippen molar-refractivity contribution < 1.29 is 0 Å². The third-order valence-electron chi connectivity index (χ3n) is 6.32. The molecule has 0 bridgehead atoms. The second-order valence-electron chi connectivity index (χ2n) is 8.89. The van der Waals surface area contributed by atoms with Crippen molar-refractivity contribution in [2.45, 2.75) is 45.1 Å². The number of hydrogen-bond acceptors (Lipinski definition) is 5. The van der Waals surface area contributed by atoms with Crippen LogP contribution in [0.2, 0.25) is 0 Å². The summed E-state index contributed by atoms with van der Waals surface area (Å²) in [7, 11) is 0. The van der Waals surface area contributed by atoms with Crippen molar-refractivity contribution in [1.82, 2.24) is 15.5 Å². The molecular formula is C26H43N5. The lowest BCUT2D eigenvalue weighted by Gasteiger charge is -2.37. The van der Waals surface area contributed by atoms with Gasteiger partial charge in [-0.15, -0.1) is 0 Å². The lowest BCUT2D eigenvalue weighted by Crippen LogP contribution is -2.41. The zero-order valence-corrected chi connectivity index (χ0v) is 19.4. The van der Waals surface area contributed by atoms with Crippen molar-refractivity contribution >= 4 is 0 Å². The number of likely N-dealkylation sites (tertiary alicyclic amines) is 1. The number of nitrogens with one attached hydrogen (secondary N) is 2. The predicted octanol–water partition coefficient (Wildman–Crippen LogP) is 3.36. The maximum absolute atomic E-state index is 5.82. The Morgan fingerprint density at radius 2 is 1.81 bits per heavy atom. The monoisotopic (exact) mass is 425 g/mol. The minimum absolute atomic E-state index is 0.0257. The summed E-state index contributed by atoms with van der Waals surface area (Å²) in [5.41, 5.74) is 15.9. The average Bonchev–Trinajstić information content (AvgIpc) is 2.79. The van der Waals surface area contributed by atoms with Crippen LogP contribution in [0.1, 0.15) is 38.2 Å². The highest BCUT2D eigenvalue weighted by molar-refractivity contribution is 5.21. The average molecular weight is 426 g/mol. The Morgan fingerprint density at radius 3 is 2.42 bits per heavy atom. The van der Waals surface area contributed by atoms with Gasteiger partial charge < -0.3 is 27.0 Å². The third-order valence-corrected chi connectivity index (χ3v) is 6.32. The van der Waals surface area contributed by atoms with E-state index in [1.54, 1.807) is 0 Å². The van der Waals surface area contributed by atoms with Gasteiger partial charge in [0.2, 0.25) is 0 Å². The van der Waals surface area contributed by atoms with E-state index in [0.29, 0.717) is 19.0 Å². The van der Waals surface area contributed by atoms with Crippen LogP contribution in [0.5, 0.6) is 0 Å². The zero-order valence-electron chi connectivity index (χ0n) is 19.4. The number of piperidine rings is 1. The van der Waals surface area contributed by atoms with Crippen molar-refractivity contribution in [1.29, 1.82) is 0 Å². The Balaban J connectivity index is 2.00. The molecule has 1 saturated heterocycles. The Bertz CT molecular complexity index is 691. The first-order valence-electron chi connectivity index (χ1n) is 11.7. The van der Waals surface area contributed by atoms with Crippen LogP contribution >= 0.6 is 0 Å². The summed E-state index contributed by atoms with van der Waals surface area (Å²) in [6, 6.07) is 10.5. The van der Waals surface area contributed by atoms with Gasteiger partial charge >= 0.3 is 0 Å². The summed E-state index contributed by atoms with van der Waals surface area (Å²) in [6.07, 6.45) is 5.34. The lowest BCUT2D eigenvalue weighted by molar-refractivity contribution is 0.212. The summed E-state index contributed by atoms with van der Waals surface area (Å²) >= 11 is 0. The van der Waals surface area contributed by atoms with E-state index in [4.69, 9.17) is 11.5 Å². The fraction of sp³-hybridized carbons (Fsp3) is 0.538. The normalized spacial score (nSPS) is 16.4. The van der Waals surface area contributed by atoms with Crippen LogP contribution in [0.25, 0.3) is 0 Å². The molecule has 1 aromatic carbocycles. The van der Waals surface area contributed by atoms with Crippen molar-refractivity contribution in [2.24, 2.45) is 23.3 Å². The SMILES string of the molecule is C=C(CN)NC(Cc1ccccc1)C(=C)NCC(CCCN)C(=C)N1CCC(C)CC1. The molecule has 1 heterocycles. The molecule has 2 unspecified atom stereocenters. The third kappa shape index (κ3) is 8.42. The van der Waals surface area contributed by atoms with Gasteiger partial charge in [0.25, 0.3) is 0 Å². The largest absolute Gasteiger partial charge is 0.386 e. The van der Waals surface area contributed by atoms with Crippen molar-refractivity contribution in [3.63, 3.8) is 0 Å². The highest BCUT2D eigenvalue weighted by Gasteiger charge is 2.23. The molecule has 0 spiro atoms. The fourth-order valence-corrected chi connectivity index (χ4v) is 4.10. The molecule has 5 nitrogen and oxygen atoms in total. The van der Waals surface area contributed by atoms with E-state index in [-0.39, 0.29) is 6.04 Å². The van der Waals surface area contributed by atoms with E-state index >= 15 is 0 Å². The maximum Gasteiger partial charge on any atom is 0.0691 e. The van der Waals surface area contributed by atoms with Gasteiger partial charge in [0.15, 0.2) is 0 Å². The summed E-state index contributed by atoms with van der Waals surface area (Å²) in [5, 5.41) is 7.05. The van der Waals surface area contributed by atoms with Gasteiger partial charge in [0.1, 0.15) is 0 Å². The van der Waals surface area contributed by atoms with E-state index in [2.05, 4.69) is 66.5 Å². The molecule has 0 aliphatic carbocycles. The van der Waals surface area contributed by atoms with Crippen molar-refractivity contribution in [3.8, 4) is 0 Å². The maximum atomic E-state index is 5.82. The summed E-state index contributed by atoms with van der Waals surface area (Å²) < 4.78 is 0. The van der Waals surface area contributed by atoms with E-state index in [9.17, 15) is 0 Å². The van der Waals surface area contributed by atoms with Crippen molar-refractivity contribution in [2.75, 3.05) is 32.7 Å². The second kappa shape index (κ2) is 13.2. The number of rotatable bonds is 14. The van der Waals surface area contributed by atoms with E-state index in [1.807, 2.05) is 6.07 Å². The summed E-state index contributed by atoms with van der Waals surface area (Å²) in [6.45, 7) is 19.3. The van der Waals surface area contributed by atoms with Crippen LogP contribution < -0.4 is 22.1 Å². The second-order valence-corrected chi connectivity index (χ2v) is 8.89. The molecule has 1 aliphatic rings. The molecule has 172 valence electrons. The van der Waals surface area contributed by atoms with Crippen molar-refractivity contribution in [3.05, 3.63) is 72.7 Å². The minimum Gasteiger partial charge on any atom is -0.386 e. The number of nitrogens with two attached hydrogens (primary N) is 2. The Kier molecular flexibility index (Phi) is 10.7. The molecule has 1 fully saturated rings. The first-order chi connectivity index (χ1) is 14.9. The summed E-state index contributed by atoms with van der Waals surface area (Å²) in [5.74, 6) is 1.16. The minimum atomic E-state index is 0.0257. The molecule has 1 aromatic rings.